The highest BCUT2D eigenvalue weighted by atomic mass is 16.5. The Morgan fingerprint density at radius 1 is 1.27 bits per heavy atom. The second-order valence-electron chi connectivity index (χ2n) is 6.23. The van der Waals surface area contributed by atoms with Crippen molar-refractivity contribution in [1.82, 2.24) is 35.4 Å². The van der Waals surface area contributed by atoms with E-state index in [2.05, 4.69) is 37.7 Å². The maximum absolute atomic E-state index is 5.38. The Labute approximate surface area is 150 Å². The number of hydrogen-bond acceptors (Lipinski definition) is 7. The fourth-order valence-electron chi connectivity index (χ4n) is 2.78. The molecule has 0 aliphatic rings. The van der Waals surface area contributed by atoms with Gasteiger partial charge in [0.1, 0.15) is 0 Å². The van der Waals surface area contributed by atoms with Gasteiger partial charge in [-0.15, -0.1) is 5.10 Å². The summed E-state index contributed by atoms with van der Waals surface area (Å²) in [6.45, 7) is 4.00. The Morgan fingerprint density at radius 2 is 2.15 bits per heavy atom. The first-order valence-corrected chi connectivity index (χ1v) is 8.43. The van der Waals surface area contributed by atoms with Crippen LogP contribution in [0.4, 0.5) is 0 Å². The normalized spacial score (nSPS) is 12.6. The third-order valence-electron chi connectivity index (χ3n) is 4.38. The van der Waals surface area contributed by atoms with Gasteiger partial charge in [-0.25, -0.2) is 4.68 Å². The number of nitrogens with zero attached hydrogens (tertiary/aromatic N) is 6. The third-order valence-corrected chi connectivity index (χ3v) is 4.38. The molecule has 4 rings (SSSR count). The predicted octanol–water partition coefficient (Wildman–Crippen LogP) is 2.32. The molecular weight excluding hydrogens is 330 g/mol. The molecule has 1 aromatic carbocycles. The zero-order valence-electron chi connectivity index (χ0n) is 14.8. The number of nitrogens with one attached hydrogen (secondary N) is 1. The highest BCUT2D eigenvalue weighted by Crippen LogP contribution is 2.23. The van der Waals surface area contributed by atoms with Crippen LogP contribution in [0.1, 0.15) is 18.4 Å². The Morgan fingerprint density at radius 3 is 3.00 bits per heavy atom. The summed E-state index contributed by atoms with van der Waals surface area (Å²) in [7, 11) is 1.90. The van der Waals surface area contributed by atoms with Crippen LogP contribution in [-0.2, 0) is 6.42 Å². The van der Waals surface area contributed by atoms with Gasteiger partial charge in [-0.05, 0) is 45.2 Å². The van der Waals surface area contributed by atoms with Crippen LogP contribution in [0, 0.1) is 6.92 Å². The summed E-state index contributed by atoms with van der Waals surface area (Å²) in [4.78, 5) is 8.78. The van der Waals surface area contributed by atoms with Crippen LogP contribution in [0.5, 0.6) is 0 Å². The number of benzene rings is 1. The molecule has 0 radical (unpaired) electrons. The largest absolute Gasteiger partial charge is 0.332 e. The van der Waals surface area contributed by atoms with Gasteiger partial charge in [0.2, 0.25) is 0 Å². The first kappa shape index (κ1) is 16.3. The van der Waals surface area contributed by atoms with E-state index in [9.17, 15) is 0 Å². The molecule has 1 atom stereocenters. The minimum absolute atomic E-state index is 0.267. The van der Waals surface area contributed by atoms with Crippen LogP contribution >= 0.6 is 0 Å². The average molecular weight is 349 g/mol. The lowest BCUT2D eigenvalue weighted by molar-refractivity contribution is 0.417. The second kappa shape index (κ2) is 6.64. The van der Waals surface area contributed by atoms with E-state index in [1.807, 2.05) is 44.3 Å². The molecule has 8 nitrogen and oxygen atoms in total. The van der Waals surface area contributed by atoms with Crippen molar-refractivity contribution in [2.24, 2.45) is 0 Å². The zero-order valence-corrected chi connectivity index (χ0v) is 14.8. The van der Waals surface area contributed by atoms with Crippen LogP contribution < -0.4 is 5.32 Å². The summed E-state index contributed by atoms with van der Waals surface area (Å²) < 4.78 is 7.15. The molecule has 0 saturated heterocycles. The van der Waals surface area contributed by atoms with Crippen molar-refractivity contribution < 1.29 is 4.52 Å². The molecule has 1 N–H and O–H groups in total. The Balaban J connectivity index is 1.67. The van der Waals surface area contributed by atoms with Gasteiger partial charge in [-0.3, -0.25) is 4.98 Å². The van der Waals surface area contributed by atoms with Crippen molar-refractivity contribution in [1.29, 1.82) is 0 Å². The summed E-state index contributed by atoms with van der Waals surface area (Å²) in [6.07, 6.45) is 2.47. The molecule has 0 aliphatic carbocycles. The van der Waals surface area contributed by atoms with Gasteiger partial charge in [0.15, 0.2) is 11.5 Å². The highest BCUT2D eigenvalue weighted by molar-refractivity contribution is 5.80. The van der Waals surface area contributed by atoms with E-state index in [0.29, 0.717) is 23.8 Å². The van der Waals surface area contributed by atoms with E-state index in [1.54, 1.807) is 10.9 Å². The van der Waals surface area contributed by atoms with Gasteiger partial charge < -0.3 is 9.84 Å². The van der Waals surface area contributed by atoms with E-state index < -0.39 is 0 Å². The molecule has 1 unspecified atom stereocenters. The summed E-state index contributed by atoms with van der Waals surface area (Å²) >= 11 is 0. The van der Waals surface area contributed by atoms with Crippen LogP contribution in [0.3, 0.4) is 0 Å². The van der Waals surface area contributed by atoms with Crippen LogP contribution in [0.25, 0.3) is 28.2 Å². The van der Waals surface area contributed by atoms with Crippen molar-refractivity contribution in [3.8, 4) is 17.3 Å². The summed E-state index contributed by atoms with van der Waals surface area (Å²) in [5, 5.41) is 16.7. The maximum atomic E-state index is 5.38. The molecule has 8 heteroatoms. The Kier molecular flexibility index (Phi) is 4.18. The van der Waals surface area contributed by atoms with Crippen LogP contribution in [0.15, 0.2) is 41.1 Å². The number of pyridine rings is 1. The molecular formula is C18H19N7O. The third kappa shape index (κ3) is 2.95. The summed E-state index contributed by atoms with van der Waals surface area (Å²) in [6, 6.07) is 10.2. The minimum Gasteiger partial charge on any atom is -0.332 e. The van der Waals surface area contributed by atoms with Crippen LogP contribution in [-0.4, -0.2) is 43.2 Å². The standard InChI is InChI=1S/C18H19N7O/c1-11(19-3)9-16-21-18(26-23-16)17-12(2)25(24-22-17)14-6-7-15-13(10-14)5-4-8-20-15/h4-8,10-11,19H,9H2,1-3H3. The minimum atomic E-state index is 0.267. The molecule has 0 amide bonds. The zero-order chi connectivity index (χ0) is 18.1. The van der Waals surface area contributed by atoms with E-state index in [1.165, 1.54) is 0 Å². The topological polar surface area (TPSA) is 94.6 Å². The fourth-order valence-corrected chi connectivity index (χ4v) is 2.78. The maximum Gasteiger partial charge on any atom is 0.280 e. The van der Waals surface area contributed by atoms with Gasteiger partial charge in [-0.2, -0.15) is 4.98 Å². The molecule has 132 valence electrons. The van der Waals surface area contributed by atoms with E-state index in [-0.39, 0.29) is 6.04 Å². The molecule has 3 heterocycles. The lowest BCUT2D eigenvalue weighted by Crippen LogP contribution is -2.24. The van der Waals surface area contributed by atoms with Crippen LogP contribution in [0.2, 0.25) is 0 Å². The van der Waals surface area contributed by atoms with Crippen molar-refractivity contribution >= 4 is 10.9 Å². The lowest BCUT2D eigenvalue weighted by atomic mass is 10.2. The van der Waals surface area contributed by atoms with Crippen molar-refractivity contribution in [2.75, 3.05) is 7.05 Å². The molecule has 0 bridgehead atoms. The number of rotatable bonds is 5. The quantitative estimate of drug-likeness (QED) is 0.591. The number of fused-ring (bicyclic) bond motifs is 1. The molecule has 0 aliphatic heterocycles. The van der Waals surface area contributed by atoms with Gasteiger partial charge in [0.25, 0.3) is 5.89 Å². The van der Waals surface area contributed by atoms with Gasteiger partial charge in [0.05, 0.1) is 16.9 Å². The predicted molar refractivity (Wildman–Crippen MR) is 96.9 cm³/mol. The molecule has 0 fully saturated rings. The van der Waals surface area contributed by atoms with Gasteiger partial charge >= 0.3 is 0 Å². The lowest BCUT2D eigenvalue weighted by Gasteiger charge is -2.05. The second-order valence-corrected chi connectivity index (χ2v) is 6.23. The molecule has 26 heavy (non-hydrogen) atoms. The fraction of sp³-hybridized carbons (Fsp3) is 0.278. The van der Waals surface area contributed by atoms with Crippen molar-refractivity contribution in [2.45, 2.75) is 26.3 Å². The molecule has 0 saturated carbocycles. The molecule has 4 aromatic rings. The van der Waals surface area contributed by atoms with E-state index in [0.717, 1.165) is 22.3 Å². The Hall–Kier alpha value is -3.13. The number of likely N-dealkylation sites (N-methyl/N-ethyl adjacent to an activating group) is 1. The summed E-state index contributed by atoms with van der Waals surface area (Å²) in [5.74, 6) is 1.03. The molecule has 0 spiro atoms. The van der Waals surface area contributed by atoms with Crippen molar-refractivity contribution in [3.63, 3.8) is 0 Å². The number of hydrogen-bond donors (Lipinski definition) is 1. The first-order valence-electron chi connectivity index (χ1n) is 8.43. The van der Waals surface area contributed by atoms with E-state index in [4.69, 9.17) is 4.52 Å². The number of aromatic nitrogens is 6. The first-order chi connectivity index (χ1) is 12.7. The Bertz CT molecular complexity index is 1050. The smallest absolute Gasteiger partial charge is 0.280 e. The highest BCUT2D eigenvalue weighted by Gasteiger charge is 2.19. The summed E-state index contributed by atoms with van der Waals surface area (Å²) in [5.41, 5.74) is 3.27. The molecule has 3 aromatic heterocycles. The van der Waals surface area contributed by atoms with E-state index >= 15 is 0 Å². The monoisotopic (exact) mass is 349 g/mol. The van der Waals surface area contributed by atoms with Crippen molar-refractivity contribution in [3.05, 3.63) is 48.0 Å². The average Bonchev–Trinajstić information content (AvgIpc) is 3.27. The van der Waals surface area contributed by atoms with Gasteiger partial charge in [0, 0.05) is 24.0 Å². The van der Waals surface area contributed by atoms with Gasteiger partial charge in [-0.1, -0.05) is 16.4 Å². The SMILES string of the molecule is CNC(C)Cc1noc(-c2nnn(-c3ccc4ncccc4c3)c2C)n1.